The first-order chi connectivity index (χ1) is 15.9. The molecule has 0 saturated heterocycles. The van der Waals surface area contributed by atoms with Crippen LogP contribution >= 0.6 is 11.6 Å². The monoisotopic (exact) mass is 470 g/mol. The highest BCUT2D eigenvalue weighted by Gasteiger charge is 2.28. The lowest BCUT2D eigenvalue weighted by Gasteiger charge is -2.31. The van der Waals surface area contributed by atoms with Gasteiger partial charge in [-0.15, -0.1) is 0 Å². The fourth-order valence-corrected chi connectivity index (χ4v) is 4.35. The summed E-state index contributed by atoms with van der Waals surface area (Å²) in [4.78, 5) is 27.9. The lowest BCUT2D eigenvalue weighted by molar-refractivity contribution is -0.141. The third kappa shape index (κ3) is 7.78. The van der Waals surface area contributed by atoms with Crippen LogP contribution in [-0.4, -0.2) is 35.4 Å². The second kappa shape index (κ2) is 12.6. The molecule has 2 aromatic carbocycles. The molecule has 2 amide bonds. The Hall–Kier alpha value is -2.53. The minimum absolute atomic E-state index is 0.0753. The molecule has 0 heterocycles. The Balaban J connectivity index is 1.60. The number of hydrogen-bond acceptors (Lipinski definition) is 3. The number of ether oxygens (including phenoxy) is 1. The van der Waals surface area contributed by atoms with Crippen molar-refractivity contribution in [3.8, 4) is 5.75 Å². The molecule has 5 nitrogen and oxygen atoms in total. The third-order valence-corrected chi connectivity index (χ3v) is 6.61. The summed E-state index contributed by atoms with van der Waals surface area (Å²) in [5.41, 5.74) is 2.01. The number of benzene rings is 2. The average molecular weight is 471 g/mol. The van der Waals surface area contributed by atoms with Gasteiger partial charge in [-0.1, -0.05) is 66.8 Å². The summed E-state index contributed by atoms with van der Waals surface area (Å²) in [5, 5.41) is 3.75. The molecule has 0 aromatic heterocycles. The number of amides is 2. The highest BCUT2D eigenvalue weighted by atomic mass is 35.5. The maximum atomic E-state index is 13.2. The Morgan fingerprint density at radius 2 is 1.79 bits per heavy atom. The van der Waals surface area contributed by atoms with E-state index in [4.69, 9.17) is 16.3 Å². The summed E-state index contributed by atoms with van der Waals surface area (Å²) >= 11 is 6.36. The average Bonchev–Trinajstić information content (AvgIpc) is 2.82. The van der Waals surface area contributed by atoms with Crippen molar-refractivity contribution < 1.29 is 14.3 Å². The van der Waals surface area contributed by atoms with Crippen LogP contribution in [0.3, 0.4) is 0 Å². The van der Waals surface area contributed by atoms with Crippen molar-refractivity contribution in [1.29, 1.82) is 0 Å². The van der Waals surface area contributed by atoms with E-state index in [0.717, 1.165) is 37.0 Å². The maximum absolute atomic E-state index is 13.2. The van der Waals surface area contributed by atoms with Gasteiger partial charge in [0.2, 0.25) is 11.8 Å². The van der Waals surface area contributed by atoms with Crippen LogP contribution in [0.2, 0.25) is 5.02 Å². The normalized spacial score (nSPS) is 15.0. The summed E-state index contributed by atoms with van der Waals surface area (Å²) in [6.45, 7) is 4.57. The van der Waals surface area contributed by atoms with Crippen LogP contribution < -0.4 is 10.1 Å². The molecular weight excluding hydrogens is 436 g/mol. The zero-order valence-corrected chi connectivity index (χ0v) is 20.4. The van der Waals surface area contributed by atoms with Gasteiger partial charge >= 0.3 is 0 Å². The van der Waals surface area contributed by atoms with Crippen LogP contribution in [-0.2, 0) is 16.1 Å². The minimum atomic E-state index is -0.575. The fraction of sp³-hybridized carbons (Fsp3) is 0.481. The van der Waals surface area contributed by atoms with Gasteiger partial charge in [-0.2, -0.15) is 0 Å². The van der Waals surface area contributed by atoms with E-state index in [1.54, 1.807) is 11.8 Å². The maximum Gasteiger partial charge on any atom is 0.242 e. The number of aryl methyl sites for hydroxylation is 1. The van der Waals surface area contributed by atoms with Gasteiger partial charge in [0.1, 0.15) is 11.8 Å². The quantitative estimate of drug-likeness (QED) is 0.455. The largest absolute Gasteiger partial charge is 0.494 e. The van der Waals surface area contributed by atoms with Crippen molar-refractivity contribution >= 4 is 23.4 Å². The second-order valence-corrected chi connectivity index (χ2v) is 9.30. The minimum Gasteiger partial charge on any atom is -0.494 e. The molecule has 3 rings (SSSR count). The standard InChI is InChI=1S/C27H35ClN2O3/c1-20-14-16-24(17-15-20)33-18-8-13-26(31)30(19-22-9-6-7-12-25(22)28)21(2)27(32)29-23-10-4-3-5-11-23/h6-7,9,12,14-17,21,23H,3-5,8,10-11,13,18-19H2,1-2H3,(H,29,32)/t21-/m0/s1. The Morgan fingerprint density at radius 3 is 2.48 bits per heavy atom. The number of halogens is 1. The first kappa shape index (κ1) is 25.1. The molecule has 2 aromatic rings. The SMILES string of the molecule is Cc1ccc(OCCCC(=O)N(Cc2ccccc2Cl)[C@@H](C)C(=O)NC2CCCCC2)cc1. The van der Waals surface area contributed by atoms with Crippen LogP contribution in [0.4, 0.5) is 0 Å². The van der Waals surface area contributed by atoms with Crippen LogP contribution in [0.5, 0.6) is 5.75 Å². The molecule has 0 bridgehead atoms. The molecule has 1 saturated carbocycles. The lowest BCUT2D eigenvalue weighted by atomic mass is 9.95. The number of rotatable bonds is 10. The van der Waals surface area contributed by atoms with E-state index in [9.17, 15) is 9.59 Å². The Kier molecular flexibility index (Phi) is 9.61. The van der Waals surface area contributed by atoms with Gasteiger partial charge in [0.25, 0.3) is 0 Å². The summed E-state index contributed by atoms with van der Waals surface area (Å²) in [6, 6.07) is 14.9. The molecule has 1 N–H and O–H groups in total. The highest BCUT2D eigenvalue weighted by molar-refractivity contribution is 6.31. The van der Waals surface area contributed by atoms with Gasteiger partial charge in [0.15, 0.2) is 0 Å². The Morgan fingerprint density at radius 1 is 1.09 bits per heavy atom. The highest BCUT2D eigenvalue weighted by Crippen LogP contribution is 2.21. The molecule has 1 fully saturated rings. The van der Waals surface area contributed by atoms with Crippen LogP contribution in [0.1, 0.15) is 63.0 Å². The van der Waals surface area contributed by atoms with E-state index < -0.39 is 6.04 Å². The molecule has 6 heteroatoms. The molecule has 0 spiro atoms. The van der Waals surface area contributed by atoms with E-state index in [1.165, 1.54) is 12.0 Å². The summed E-state index contributed by atoms with van der Waals surface area (Å²) < 4.78 is 5.77. The third-order valence-electron chi connectivity index (χ3n) is 6.24. The van der Waals surface area contributed by atoms with Gasteiger partial charge < -0.3 is 15.0 Å². The Labute approximate surface area is 202 Å². The molecule has 1 aliphatic carbocycles. The Bertz CT molecular complexity index is 910. The van der Waals surface area contributed by atoms with Gasteiger partial charge in [-0.05, 0) is 56.9 Å². The summed E-state index contributed by atoms with van der Waals surface area (Å²) in [5.74, 6) is 0.619. The van der Waals surface area contributed by atoms with Crippen molar-refractivity contribution in [2.45, 2.75) is 77.4 Å². The molecule has 178 valence electrons. The molecule has 1 aliphatic rings. The summed E-state index contributed by atoms with van der Waals surface area (Å²) in [7, 11) is 0. The van der Waals surface area contributed by atoms with Crippen molar-refractivity contribution in [3.05, 3.63) is 64.7 Å². The number of carbonyl (C=O) groups excluding carboxylic acids is 2. The van der Waals surface area contributed by atoms with E-state index in [-0.39, 0.29) is 17.9 Å². The molecule has 0 unspecified atom stereocenters. The fourth-order valence-electron chi connectivity index (χ4n) is 4.15. The summed E-state index contributed by atoms with van der Waals surface area (Å²) in [6.07, 6.45) is 6.40. The van der Waals surface area contributed by atoms with Crippen LogP contribution in [0.25, 0.3) is 0 Å². The van der Waals surface area contributed by atoms with E-state index in [1.807, 2.05) is 55.5 Å². The van der Waals surface area contributed by atoms with Crippen molar-refractivity contribution in [3.63, 3.8) is 0 Å². The molecular formula is C27H35ClN2O3. The van der Waals surface area contributed by atoms with Gasteiger partial charge in [0.05, 0.1) is 6.61 Å². The smallest absolute Gasteiger partial charge is 0.242 e. The van der Waals surface area contributed by atoms with E-state index >= 15 is 0 Å². The van der Waals surface area contributed by atoms with Crippen molar-refractivity contribution in [1.82, 2.24) is 10.2 Å². The number of hydrogen-bond donors (Lipinski definition) is 1. The zero-order valence-electron chi connectivity index (χ0n) is 19.7. The van der Waals surface area contributed by atoms with Crippen molar-refractivity contribution in [2.24, 2.45) is 0 Å². The second-order valence-electron chi connectivity index (χ2n) is 8.90. The number of nitrogens with zero attached hydrogens (tertiary/aromatic N) is 1. The van der Waals surface area contributed by atoms with Crippen LogP contribution in [0.15, 0.2) is 48.5 Å². The van der Waals surface area contributed by atoms with Crippen molar-refractivity contribution in [2.75, 3.05) is 6.61 Å². The lowest BCUT2D eigenvalue weighted by Crippen LogP contribution is -2.50. The topological polar surface area (TPSA) is 58.6 Å². The first-order valence-corrected chi connectivity index (χ1v) is 12.3. The number of nitrogens with one attached hydrogen (secondary N) is 1. The molecule has 1 atom stereocenters. The predicted octanol–water partition coefficient (Wildman–Crippen LogP) is 5.67. The molecule has 0 radical (unpaired) electrons. The van der Waals surface area contributed by atoms with E-state index in [0.29, 0.717) is 31.0 Å². The van der Waals surface area contributed by atoms with Gasteiger partial charge in [0, 0.05) is 24.0 Å². The van der Waals surface area contributed by atoms with Crippen LogP contribution in [0, 0.1) is 6.92 Å². The van der Waals surface area contributed by atoms with Gasteiger partial charge in [-0.25, -0.2) is 0 Å². The van der Waals surface area contributed by atoms with E-state index in [2.05, 4.69) is 5.32 Å². The van der Waals surface area contributed by atoms with Gasteiger partial charge in [-0.3, -0.25) is 9.59 Å². The molecule has 0 aliphatic heterocycles. The zero-order chi connectivity index (χ0) is 23.6. The predicted molar refractivity (Wildman–Crippen MR) is 132 cm³/mol. The molecule has 33 heavy (non-hydrogen) atoms. The first-order valence-electron chi connectivity index (χ1n) is 12.0. The number of carbonyl (C=O) groups is 2.